The smallest absolute Gasteiger partial charge is 0.151 e. The zero-order valence-corrected chi connectivity index (χ0v) is 11.3. The van der Waals surface area contributed by atoms with E-state index in [1.54, 1.807) is 12.4 Å². The lowest BCUT2D eigenvalue weighted by atomic mass is 9.96. The Bertz CT molecular complexity index is 371. The van der Waals surface area contributed by atoms with E-state index in [0.717, 1.165) is 30.5 Å². The number of hydrogen-bond donors (Lipinski definition) is 1. The maximum Gasteiger partial charge on any atom is 0.151 e. The van der Waals surface area contributed by atoms with Crippen molar-refractivity contribution in [1.82, 2.24) is 14.9 Å². The highest BCUT2D eigenvalue weighted by atomic mass is 15.2. The van der Waals surface area contributed by atoms with Gasteiger partial charge < -0.3 is 15.5 Å². The summed E-state index contributed by atoms with van der Waals surface area (Å²) in [6, 6.07) is 0. The van der Waals surface area contributed by atoms with Gasteiger partial charge in [-0.05, 0) is 32.9 Å². The highest BCUT2D eigenvalue weighted by Crippen LogP contribution is 2.23. The van der Waals surface area contributed by atoms with Crippen molar-refractivity contribution < 1.29 is 0 Å². The molecular formula is C13H23N5. The SMILES string of the molecule is CN(C)CC1CCN(c2nccnc2CN)CC1. The van der Waals surface area contributed by atoms with Crippen LogP contribution in [0.5, 0.6) is 0 Å². The van der Waals surface area contributed by atoms with Crippen molar-refractivity contribution >= 4 is 5.82 Å². The Morgan fingerprint density at radius 3 is 2.56 bits per heavy atom. The van der Waals surface area contributed by atoms with Crippen molar-refractivity contribution in [2.75, 3.05) is 38.6 Å². The molecule has 2 N–H and O–H groups in total. The van der Waals surface area contributed by atoms with Gasteiger partial charge in [0, 0.05) is 38.6 Å². The van der Waals surface area contributed by atoms with Crippen LogP contribution in [0.25, 0.3) is 0 Å². The maximum atomic E-state index is 5.71. The van der Waals surface area contributed by atoms with Gasteiger partial charge in [-0.3, -0.25) is 4.98 Å². The fraction of sp³-hybridized carbons (Fsp3) is 0.692. The van der Waals surface area contributed by atoms with Gasteiger partial charge in [-0.1, -0.05) is 0 Å². The molecule has 0 aromatic carbocycles. The van der Waals surface area contributed by atoms with E-state index in [4.69, 9.17) is 5.73 Å². The Morgan fingerprint density at radius 1 is 1.28 bits per heavy atom. The Labute approximate surface area is 109 Å². The Balaban J connectivity index is 1.97. The van der Waals surface area contributed by atoms with Crippen LogP contribution in [-0.4, -0.2) is 48.6 Å². The minimum atomic E-state index is 0.459. The van der Waals surface area contributed by atoms with E-state index in [9.17, 15) is 0 Å². The van der Waals surface area contributed by atoms with E-state index in [1.807, 2.05) is 0 Å². The zero-order chi connectivity index (χ0) is 13.0. The molecule has 0 radical (unpaired) electrons. The monoisotopic (exact) mass is 249 g/mol. The molecule has 0 amide bonds. The summed E-state index contributed by atoms with van der Waals surface area (Å²) < 4.78 is 0. The number of rotatable bonds is 4. The van der Waals surface area contributed by atoms with Gasteiger partial charge in [0.1, 0.15) is 0 Å². The molecule has 0 bridgehead atoms. The first kappa shape index (κ1) is 13.2. The Hall–Kier alpha value is -1.20. The van der Waals surface area contributed by atoms with Crippen LogP contribution in [0.4, 0.5) is 5.82 Å². The maximum absolute atomic E-state index is 5.71. The second-order valence-electron chi connectivity index (χ2n) is 5.22. The molecule has 0 spiro atoms. The number of nitrogens with zero attached hydrogens (tertiary/aromatic N) is 4. The molecule has 0 unspecified atom stereocenters. The molecule has 1 aliphatic heterocycles. The van der Waals surface area contributed by atoms with Crippen molar-refractivity contribution in [1.29, 1.82) is 0 Å². The van der Waals surface area contributed by atoms with Crippen LogP contribution in [0.1, 0.15) is 18.5 Å². The van der Waals surface area contributed by atoms with Crippen molar-refractivity contribution in [3.63, 3.8) is 0 Å². The second-order valence-corrected chi connectivity index (χ2v) is 5.22. The lowest BCUT2D eigenvalue weighted by Crippen LogP contribution is -2.38. The van der Waals surface area contributed by atoms with Gasteiger partial charge in [0.2, 0.25) is 0 Å². The zero-order valence-electron chi connectivity index (χ0n) is 11.3. The van der Waals surface area contributed by atoms with Gasteiger partial charge >= 0.3 is 0 Å². The van der Waals surface area contributed by atoms with E-state index >= 15 is 0 Å². The number of anilines is 1. The summed E-state index contributed by atoms with van der Waals surface area (Å²) in [7, 11) is 4.28. The third-order valence-corrected chi connectivity index (χ3v) is 3.48. The highest BCUT2D eigenvalue weighted by Gasteiger charge is 2.22. The Kier molecular flexibility index (Phi) is 4.49. The minimum absolute atomic E-state index is 0.459. The summed E-state index contributed by atoms with van der Waals surface area (Å²) in [5.74, 6) is 1.78. The lowest BCUT2D eigenvalue weighted by Gasteiger charge is -2.34. The van der Waals surface area contributed by atoms with Crippen LogP contribution < -0.4 is 10.6 Å². The van der Waals surface area contributed by atoms with E-state index in [1.165, 1.54) is 19.4 Å². The van der Waals surface area contributed by atoms with E-state index < -0.39 is 0 Å². The summed E-state index contributed by atoms with van der Waals surface area (Å²) in [6.45, 7) is 3.76. The van der Waals surface area contributed by atoms with Crippen molar-refractivity contribution in [2.24, 2.45) is 11.7 Å². The van der Waals surface area contributed by atoms with Gasteiger partial charge in [0.05, 0.1) is 5.69 Å². The van der Waals surface area contributed by atoms with Crippen LogP contribution >= 0.6 is 0 Å². The van der Waals surface area contributed by atoms with Gasteiger partial charge in [-0.15, -0.1) is 0 Å². The molecule has 5 nitrogen and oxygen atoms in total. The molecule has 5 heteroatoms. The summed E-state index contributed by atoms with van der Waals surface area (Å²) in [4.78, 5) is 13.3. The van der Waals surface area contributed by atoms with Gasteiger partial charge in [0.15, 0.2) is 5.82 Å². The summed E-state index contributed by atoms with van der Waals surface area (Å²) >= 11 is 0. The minimum Gasteiger partial charge on any atom is -0.355 e. The largest absolute Gasteiger partial charge is 0.355 e. The summed E-state index contributed by atoms with van der Waals surface area (Å²) in [5.41, 5.74) is 6.62. The topological polar surface area (TPSA) is 58.3 Å². The normalized spacial score (nSPS) is 17.4. The molecule has 1 aliphatic rings. The number of nitrogens with two attached hydrogens (primary N) is 1. The number of piperidine rings is 1. The van der Waals surface area contributed by atoms with Crippen LogP contribution in [0.3, 0.4) is 0 Å². The third kappa shape index (κ3) is 3.17. The molecule has 1 fully saturated rings. The molecule has 1 aromatic rings. The molecule has 0 atom stereocenters. The van der Waals surface area contributed by atoms with E-state index in [-0.39, 0.29) is 0 Å². The molecular weight excluding hydrogens is 226 g/mol. The molecule has 1 saturated heterocycles. The molecule has 18 heavy (non-hydrogen) atoms. The van der Waals surface area contributed by atoms with Crippen LogP contribution in [-0.2, 0) is 6.54 Å². The second kappa shape index (κ2) is 6.11. The van der Waals surface area contributed by atoms with Crippen molar-refractivity contribution in [2.45, 2.75) is 19.4 Å². The predicted molar refractivity (Wildman–Crippen MR) is 73.4 cm³/mol. The molecule has 2 rings (SSSR count). The highest BCUT2D eigenvalue weighted by molar-refractivity contribution is 5.43. The van der Waals surface area contributed by atoms with E-state index in [0.29, 0.717) is 6.54 Å². The van der Waals surface area contributed by atoms with Crippen LogP contribution in [0.2, 0.25) is 0 Å². The standard InChI is InChI=1S/C13H23N5/c1-17(2)10-11-3-7-18(8-4-11)13-12(9-14)15-5-6-16-13/h5-6,11H,3-4,7-10,14H2,1-2H3. The lowest BCUT2D eigenvalue weighted by molar-refractivity contribution is 0.284. The molecule has 0 aliphatic carbocycles. The van der Waals surface area contributed by atoms with Gasteiger partial charge in [-0.2, -0.15) is 0 Å². The summed E-state index contributed by atoms with van der Waals surface area (Å²) in [5, 5.41) is 0. The van der Waals surface area contributed by atoms with Crippen LogP contribution in [0.15, 0.2) is 12.4 Å². The fourth-order valence-corrected chi connectivity index (χ4v) is 2.61. The molecule has 100 valence electrons. The van der Waals surface area contributed by atoms with Gasteiger partial charge in [0.25, 0.3) is 0 Å². The Morgan fingerprint density at radius 2 is 1.94 bits per heavy atom. The molecule has 0 saturated carbocycles. The molecule has 2 heterocycles. The van der Waals surface area contributed by atoms with Crippen molar-refractivity contribution in [3.05, 3.63) is 18.1 Å². The third-order valence-electron chi connectivity index (χ3n) is 3.48. The first-order chi connectivity index (χ1) is 8.70. The fourth-order valence-electron chi connectivity index (χ4n) is 2.61. The van der Waals surface area contributed by atoms with Crippen LogP contribution in [0, 0.1) is 5.92 Å². The number of aromatic nitrogens is 2. The average Bonchev–Trinajstić information content (AvgIpc) is 2.39. The molecule has 1 aromatic heterocycles. The summed E-state index contributed by atoms with van der Waals surface area (Å²) in [6.07, 6.45) is 5.91. The predicted octanol–water partition coefficient (Wildman–Crippen LogP) is 0.713. The number of hydrogen-bond acceptors (Lipinski definition) is 5. The first-order valence-corrected chi connectivity index (χ1v) is 6.60. The van der Waals surface area contributed by atoms with Crippen molar-refractivity contribution in [3.8, 4) is 0 Å². The van der Waals surface area contributed by atoms with Gasteiger partial charge in [-0.25, -0.2) is 4.98 Å². The first-order valence-electron chi connectivity index (χ1n) is 6.60. The van der Waals surface area contributed by atoms with E-state index in [2.05, 4.69) is 33.9 Å². The average molecular weight is 249 g/mol. The quantitative estimate of drug-likeness (QED) is 0.852.